The van der Waals surface area contributed by atoms with Crippen molar-refractivity contribution in [3.05, 3.63) is 35.6 Å². The molecule has 0 fully saturated rings. The summed E-state index contributed by atoms with van der Waals surface area (Å²) >= 11 is 0. The van der Waals surface area contributed by atoms with Crippen molar-refractivity contribution in [3.63, 3.8) is 0 Å². The van der Waals surface area contributed by atoms with E-state index >= 15 is 0 Å². The van der Waals surface area contributed by atoms with Gasteiger partial charge in [-0.2, -0.15) is 0 Å². The standard InChI is InChI=1S/C17H26FNO3/c1-5-9-17(12-20,13-7-6-8-14(18)10-13)11-19-15(21)22-16(2,3)4/h6-8,10,20H,5,9,11-12H2,1-4H3,(H,19,21). The topological polar surface area (TPSA) is 58.6 Å². The molecule has 5 heteroatoms. The Hall–Kier alpha value is -1.62. The lowest BCUT2D eigenvalue weighted by Crippen LogP contribution is -2.45. The minimum absolute atomic E-state index is 0.180. The Bertz CT molecular complexity index is 499. The Morgan fingerprint density at radius 2 is 2.05 bits per heavy atom. The fourth-order valence-corrected chi connectivity index (χ4v) is 2.41. The summed E-state index contributed by atoms with van der Waals surface area (Å²) in [7, 11) is 0. The number of aliphatic hydroxyl groups excluding tert-OH is 1. The number of rotatable bonds is 6. The maximum Gasteiger partial charge on any atom is 0.407 e. The van der Waals surface area contributed by atoms with Crippen LogP contribution in [0.1, 0.15) is 46.1 Å². The van der Waals surface area contributed by atoms with Gasteiger partial charge in [0.1, 0.15) is 11.4 Å². The second-order valence-corrected chi connectivity index (χ2v) is 6.55. The molecule has 1 rings (SSSR count). The molecule has 4 nitrogen and oxygen atoms in total. The first-order valence-corrected chi connectivity index (χ1v) is 7.56. The number of benzene rings is 1. The van der Waals surface area contributed by atoms with E-state index in [0.29, 0.717) is 12.0 Å². The normalized spacial score (nSPS) is 14.3. The zero-order valence-electron chi connectivity index (χ0n) is 13.8. The van der Waals surface area contributed by atoms with Crippen LogP contribution in [0.25, 0.3) is 0 Å². The van der Waals surface area contributed by atoms with Gasteiger partial charge in [0.2, 0.25) is 0 Å². The van der Waals surface area contributed by atoms with Gasteiger partial charge < -0.3 is 15.2 Å². The smallest absolute Gasteiger partial charge is 0.407 e. The van der Waals surface area contributed by atoms with Crippen molar-refractivity contribution in [1.82, 2.24) is 5.32 Å². The second-order valence-electron chi connectivity index (χ2n) is 6.55. The van der Waals surface area contributed by atoms with Gasteiger partial charge >= 0.3 is 6.09 Å². The van der Waals surface area contributed by atoms with Gasteiger partial charge in [0.05, 0.1) is 6.61 Å². The van der Waals surface area contributed by atoms with Crippen LogP contribution in [0.15, 0.2) is 24.3 Å². The monoisotopic (exact) mass is 311 g/mol. The summed E-state index contributed by atoms with van der Waals surface area (Å²) in [4.78, 5) is 11.8. The van der Waals surface area contributed by atoms with Crippen LogP contribution in [0, 0.1) is 5.82 Å². The van der Waals surface area contributed by atoms with Crippen molar-refractivity contribution in [1.29, 1.82) is 0 Å². The van der Waals surface area contributed by atoms with Gasteiger partial charge in [0, 0.05) is 12.0 Å². The first kappa shape index (κ1) is 18.4. The van der Waals surface area contributed by atoms with Crippen LogP contribution in [0.3, 0.4) is 0 Å². The highest BCUT2D eigenvalue weighted by Crippen LogP contribution is 2.29. The number of hydrogen-bond acceptors (Lipinski definition) is 3. The maximum atomic E-state index is 13.5. The number of halogens is 1. The van der Waals surface area contributed by atoms with Crippen LogP contribution in [0.4, 0.5) is 9.18 Å². The SMILES string of the molecule is CCCC(CO)(CNC(=O)OC(C)(C)C)c1cccc(F)c1. The molecule has 0 radical (unpaired) electrons. The molecule has 1 amide bonds. The molecule has 1 atom stereocenters. The van der Waals surface area contributed by atoms with Gasteiger partial charge in [-0.3, -0.25) is 0 Å². The second kappa shape index (κ2) is 7.58. The van der Waals surface area contributed by atoms with Gasteiger partial charge in [0.25, 0.3) is 0 Å². The van der Waals surface area contributed by atoms with Gasteiger partial charge in [-0.15, -0.1) is 0 Å². The van der Waals surface area contributed by atoms with E-state index < -0.39 is 17.1 Å². The molecule has 1 aromatic rings. The molecule has 124 valence electrons. The summed E-state index contributed by atoms with van der Waals surface area (Å²) in [6, 6.07) is 6.14. The Morgan fingerprint density at radius 3 is 2.55 bits per heavy atom. The average Bonchev–Trinajstić information content (AvgIpc) is 2.41. The third kappa shape index (κ3) is 5.30. The third-order valence-corrected chi connectivity index (χ3v) is 3.44. The summed E-state index contributed by atoms with van der Waals surface area (Å²) in [5.74, 6) is -0.358. The number of aliphatic hydroxyl groups is 1. The molecule has 0 aliphatic carbocycles. The summed E-state index contributed by atoms with van der Waals surface area (Å²) in [6.45, 7) is 7.34. The molecule has 0 saturated heterocycles. The molecule has 0 aliphatic rings. The van der Waals surface area contributed by atoms with Gasteiger partial charge in [0.15, 0.2) is 0 Å². The van der Waals surface area contributed by atoms with E-state index in [9.17, 15) is 14.3 Å². The van der Waals surface area contributed by atoms with Crippen molar-refractivity contribution in [3.8, 4) is 0 Å². The molecule has 0 heterocycles. The zero-order valence-corrected chi connectivity index (χ0v) is 13.8. The first-order valence-electron chi connectivity index (χ1n) is 7.56. The molecule has 0 saturated carbocycles. The fraction of sp³-hybridized carbons (Fsp3) is 0.588. The lowest BCUT2D eigenvalue weighted by molar-refractivity contribution is 0.0500. The quantitative estimate of drug-likeness (QED) is 0.846. The number of carbonyl (C=O) groups excluding carboxylic acids is 1. The Labute approximate surface area is 131 Å². The molecular weight excluding hydrogens is 285 g/mol. The minimum Gasteiger partial charge on any atom is -0.444 e. The van der Waals surface area contributed by atoms with E-state index in [1.165, 1.54) is 12.1 Å². The molecule has 0 bridgehead atoms. The van der Waals surface area contributed by atoms with Crippen LogP contribution < -0.4 is 5.32 Å². The van der Waals surface area contributed by atoms with Crippen molar-refractivity contribution in [2.24, 2.45) is 0 Å². The molecule has 1 aromatic carbocycles. The van der Waals surface area contributed by atoms with Crippen molar-refractivity contribution >= 4 is 6.09 Å². The fourth-order valence-electron chi connectivity index (χ4n) is 2.41. The van der Waals surface area contributed by atoms with E-state index in [2.05, 4.69) is 5.32 Å². The van der Waals surface area contributed by atoms with Crippen LogP contribution in [-0.4, -0.2) is 30.0 Å². The minimum atomic E-state index is -0.715. The van der Waals surface area contributed by atoms with Crippen LogP contribution in [0.2, 0.25) is 0 Å². The predicted octanol–water partition coefficient (Wildman–Crippen LogP) is 3.38. The van der Waals surface area contributed by atoms with Crippen LogP contribution in [0.5, 0.6) is 0 Å². The van der Waals surface area contributed by atoms with Crippen LogP contribution >= 0.6 is 0 Å². The van der Waals surface area contributed by atoms with Crippen molar-refractivity contribution in [2.75, 3.05) is 13.2 Å². The number of ether oxygens (including phenoxy) is 1. The molecule has 2 N–H and O–H groups in total. The Kier molecular flexibility index (Phi) is 6.35. The van der Waals surface area contributed by atoms with E-state index in [1.807, 2.05) is 6.92 Å². The maximum absolute atomic E-state index is 13.5. The Morgan fingerprint density at radius 1 is 1.36 bits per heavy atom. The molecule has 0 aromatic heterocycles. The highest BCUT2D eigenvalue weighted by molar-refractivity contribution is 5.67. The van der Waals surface area contributed by atoms with Gasteiger partial charge in [-0.25, -0.2) is 9.18 Å². The largest absolute Gasteiger partial charge is 0.444 e. The average molecular weight is 311 g/mol. The number of nitrogens with one attached hydrogen (secondary N) is 1. The molecule has 1 unspecified atom stereocenters. The molecule has 22 heavy (non-hydrogen) atoms. The molecule has 0 spiro atoms. The summed E-state index contributed by atoms with van der Waals surface area (Å²) < 4.78 is 18.7. The van der Waals surface area contributed by atoms with Gasteiger partial charge in [-0.05, 0) is 44.9 Å². The third-order valence-electron chi connectivity index (χ3n) is 3.44. The number of hydrogen-bond donors (Lipinski definition) is 2. The van der Waals surface area contributed by atoms with E-state index in [0.717, 1.165) is 6.42 Å². The van der Waals surface area contributed by atoms with Crippen molar-refractivity contribution in [2.45, 2.75) is 51.6 Å². The number of alkyl carbamates (subject to hydrolysis) is 1. The highest BCUT2D eigenvalue weighted by Gasteiger charge is 2.32. The lowest BCUT2D eigenvalue weighted by Gasteiger charge is -2.33. The summed E-state index contributed by atoms with van der Waals surface area (Å²) in [5, 5.41) is 12.6. The molecule has 0 aliphatic heterocycles. The predicted molar refractivity (Wildman–Crippen MR) is 84.3 cm³/mol. The van der Waals surface area contributed by atoms with Crippen LogP contribution in [-0.2, 0) is 10.2 Å². The van der Waals surface area contributed by atoms with E-state index in [-0.39, 0.29) is 19.0 Å². The number of amides is 1. The summed E-state index contributed by atoms with van der Waals surface area (Å²) in [6.07, 6.45) is 0.883. The number of carbonyl (C=O) groups is 1. The van der Waals surface area contributed by atoms with E-state index in [1.54, 1.807) is 32.9 Å². The zero-order chi connectivity index (χ0) is 16.8. The van der Waals surface area contributed by atoms with Crippen molar-refractivity contribution < 1.29 is 19.0 Å². The lowest BCUT2D eigenvalue weighted by atomic mass is 9.77. The first-order chi connectivity index (χ1) is 10.2. The summed E-state index contributed by atoms with van der Waals surface area (Å²) in [5.41, 5.74) is -0.628. The Balaban J connectivity index is 2.91. The van der Waals surface area contributed by atoms with E-state index in [4.69, 9.17) is 4.74 Å². The molecular formula is C17H26FNO3. The van der Waals surface area contributed by atoms with Gasteiger partial charge in [-0.1, -0.05) is 25.5 Å². The highest BCUT2D eigenvalue weighted by atomic mass is 19.1.